The molecule has 20 heavy (non-hydrogen) atoms. The summed E-state index contributed by atoms with van der Waals surface area (Å²) < 4.78 is 0. The zero-order valence-corrected chi connectivity index (χ0v) is 9.56. The van der Waals surface area contributed by atoms with E-state index in [1.165, 1.54) is 5.73 Å². The van der Waals surface area contributed by atoms with Crippen LogP contribution in [0.5, 0.6) is 0 Å². The number of carbonyl (C=O) groups is 5. The van der Waals surface area contributed by atoms with Gasteiger partial charge in [0.15, 0.2) is 5.92 Å². The molecule has 0 spiro atoms. The molecule has 0 atom stereocenters. The van der Waals surface area contributed by atoms with Crippen molar-refractivity contribution in [3.05, 3.63) is 17.9 Å². The maximum atomic E-state index is 11.2. The fourth-order valence-electron chi connectivity index (χ4n) is 1.56. The molecule has 5 N–H and O–H groups in total. The summed E-state index contributed by atoms with van der Waals surface area (Å²) in [5, 5.41) is 44.2. The third kappa shape index (κ3) is 2.35. The Balaban J connectivity index is 6.78. The highest BCUT2D eigenvalue weighted by molar-refractivity contribution is 6.17. The van der Waals surface area contributed by atoms with Crippen LogP contribution in [-0.4, -0.2) is 55.4 Å². The third-order valence-electron chi connectivity index (χ3n) is 2.39. The van der Waals surface area contributed by atoms with Crippen LogP contribution < -0.4 is 0 Å². The van der Waals surface area contributed by atoms with E-state index in [2.05, 4.69) is 6.58 Å². The van der Waals surface area contributed by atoms with Crippen LogP contribution in [0.25, 0.3) is 0 Å². The molecular weight excluding hydrogens is 280 g/mol. The molecule has 0 rings (SSSR count). The third-order valence-corrected chi connectivity index (χ3v) is 2.39. The fourth-order valence-corrected chi connectivity index (χ4v) is 1.56. The normalized spacial score (nSPS) is 10.4. The van der Waals surface area contributed by atoms with Gasteiger partial charge in [0.05, 0.1) is 0 Å². The molecule has 0 aromatic carbocycles. The Morgan fingerprint density at radius 3 is 1.35 bits per heavy atom. The first-order valence-electron chi connectivity index (χ1n) is 4.61. The Hall–Kier alpha value is -3.13. The quantitative estimate of drug-likeness (QED) is 0.214. The molecule has 0 radical (unpaired) electrons. The largest absolute Gasteiger partial charge is 0.481 e. The van der Waals surface area contributed by atoms with Crippen LogP contribution in [0, 0.1) is 11.3 Å². The molecule has 0 aliphatic carbocycles. The van der Waals surface area contributed by atoms with Crippen LogP contribution in [0.4, 0.5) is 0 Å². The summed E-state index contributed by atoms with van der Waals surface area (Å²) in [6.07, 6.45) is 0. The molecule has 0 aromatic rings. The minimum Gasteiger partial charge on any atom is -0.481 e. The summed E-state index contributed by atoms with van der Waals surface area (Å²) in [6, 6.07) is 0. The van der Waals surface area contributed by atoms with Crippen molar-refractivity contribution in [3.63, 3.8) is 0 Å². The zero-order chi connectivity index (χ0) is 16.2. The van der Waals surface area contributed by atoms with Gasteiger partial charge in [-0.2, -0.15) is 0 Å². The van der Waals surface area contributed by atoms with Gasteiger partial charge in [0.1, 0.15) is 5.57 Å². The lowest BCUT2D eigenvalue weighted by atomic mass is 9.69. The maximum Gasteiger partial charge on any atom is 0.341 e. The smallest absolute Gasteiger partial charge is 0.341 e. The van der Waals surface area contributed by atoms with E-state index in [0.717, 1.165) is 0 Å². The summed E-state index contributed by atoms with van der Waals surface area (Å²) in [5.41, 5.74) is -3.90. The minimum absolute atomic E-state index is 1.47. The van der Waals surface area contributed by atoms with Crippen molar-refractivity contribution in [3.8, 4) is 0 Å². The second-order valence-corrected chi connectivity index (χ2v) is 3.38. The van der Waals surface area contributed by atoms with Crippen molar-refractivity contribution in [2.24, 2.45) is 11.3 Å². The first-order valence-corrected chi connectivity index (χ1v) is 4.61. The molecular formula is C10H8O10. The maximum absolute atomic E-state index is 11.2. The lowest BCUT2D eigenvalue weighted by Crippen LogP contribution is -2.54. The number of hydrogen-bond acceptors (Lipinski definition) is 5. The molecule has 0 saturated heterocycles. The highest BCUT2D eigenvalue weighted by Gasteiger charge is 2.64. The zero-order valence-electron chi connectivity index (χ0n) is 9.56. The molecule has 0 fully saturated rings. The van der Waals surface area contributed by atoms with Crippen molar-refractivity contribution < 1.29 is 49.5 Å². The topological polar surface area (TPSA) is 186 Å². The molecule has 0 aromatic heterocycles. The molecule has 10 nitrogen and oxygen atoms in total. The molecule has 0 saturated carbocycles. The van der Waals surface area contributed by atoms with Crippen molar-refractivity contribution in [2.75, 3.05) is 0 Å². The Morgan fingerprint density at radius 2 is 1.20 bits per heavy atom. The number of hydrogen-bond donors (Lipinski definition) is 5. The average Bonchev–Trinajstić information content (AvgIpc) is 2.25. The highest BCUT2D eigenvalue weighted by atomic mass is 16.4. The van der Waals surface area contributed by atoms with Gasteiger partial charge in [0, 0.05) is 0 Å². The SMILES string of the molecule is C=C=C(C(=O)O)C(C(=O)O)(C(=O)O)C(C(=O)O)C(=O)O. The molecule has 0 unspecified atom stereocenters. The average molecular weight is 288 g/mol. The summed E-state index contributed by atoms with van der Waals surface area (Å²) in [6.45, 7) is 2.76. The monoisotopic (exact) mass is 288 g/mol. The van der Waals surface area contributed by atoms with Crippen LogP contribution in [0.3, 0.4) is 0 Å². The van der Waals surface area contributed by atoms with Gasteiger partial charge in [0.2, 0.25) is 5.41 Å². The van der Waals surface area contributed by atoms with E-state index in [9.17, 15) is 24.0 Å². The van der Waals surface area contributed by atoms with Gasteiger partial charge in [-0.05, 0) is 0 Å². The van der Waals surface area contributed by atoms with E-state index >= 15 is 0 Å². The predicted molar refractivity (Wildman–Crippen MR) is 56.8 cm³/mol. The van der Waals surface area contributed by atoms with Crippen LogP contribution in [0.1, 0.15) is 0 Å². The molecule has 10 heteroatoms. The van der Waals surface area contributed by atoms with E-state index in [-0.39, 0.29) is 0 Å². The summed E-state index contributed by atoms with van der Waals surface area (Å²) >= 11 is 0. The Labute approximate surface area is 109 Å². The van der Waals surface area contributed by atoms with Crippen LogP contribution in [-0.2, 0) is 24.0 Å². The first-order chi connectivity index (χ1) is 9.04. The van der Waals surface area contributed by atoms with Gasteiger partial charge in [-0.1, -0.05) is 6.58 Å². The van der Waals surface area contributed by atoms with Gasteiger partial charge < -0.3 is 25.5 Å². The predicted octanol–water partition coefficient (Wildman–Crippen LogP) is -1.28. The molecule has 0 aliphatic heterocycles. The van der Waals surface area contributed by atoms with Crippen LogP contribution >= 0.6 is 0 Å². The Kier molecular flexibility index (Phi) is 4.79. The number of rotatable bonds is 7. The van der Waals surface area contributed by atoms with Crippen LogP contribution in [0.15, 0.2) is 17.9 Å². The second kappa shape index (κ2) is 5.67. The molecule has 0 heterocycles. The Bertz CT molecular complexity index is 522. The highest BCUT2D eigenvalue weighted by Crippen LogP contribution is 2.37. The summed E-state index contributed by atoms with van der Waals surface area (Å²) in [5.74, 6) is -14.9. The van der Waals surface area contributed by atoms with Gasteiger partial charge in [-0.15, -0.1) is 5.73 Å². The first kappa shape index (κ1) is 16.9. The lowest BCUT2D eigenvalue weighted by molar-refractivity contribution is -0.180. The van der Waals surface area contributed by atoms with Gasteiger partial charge >= 0.3 is 29.8 Å². The second-order valence-electron chi connectivity index (χ2n) is 3.38. The standard InChI is InChI=1S/C10H8O10/c1-2-3(5(11)12)10(8(17)18,9(19)20)4(6(13)14)7(15)16/h4H,1H2,(H,11,12)(H,13,14)(H,15,16)(H,17,18)(H,19,20). The number of carboxylic acids is 5. The van der Waals surface area contributed by atoms with E-state index in [0.29, 0.717) is 0 Å². The molecule has 0 aliphatic rings. The molecule has 0 amide bonds. The van der Waals surface area contributed by atoms with Crippen molar-refractivity contribution in [2.45, 2.75) is 0 Å². The van der Waals surface area contributed by atoms with Crippen LogP contribution in [0.2, 0.25) is 0 Å². The lowest BCUT2D eigenvalue weighted by Gasteiger charge is -2.27. The Morgan fingerprint density at radius 1 is 0.850 bits per heavy atom. The molecule has 108 valence electrons. The fraction of sp³-hybridized carbons (Fsp3) is 0.200. The van der Waals surface area contributed by atoms with E-state index in [1.807, 2.05) is 0 Å². The van der Waals surface area contributed by atoms with E-state index in [1.54, 1.807) is 0 Å². The van der Waals surface area contributed by atoms with E-state index < -0.39 is 46.8 Å². The number of aliphatic carboxylic acids is 5. The summed E-state index contributed by atoms with van der Waals surface area (Å²) in [7, 11) is 0. The van der Waals surface area contributed by atoms with Gasteiger partial charge in [-0.25, -0.2) is 4.79 Å². The van der Waals surface area contributed by atoms with E-state index in [4.69, 9.17) is 25.5 Å². The van der Waals surface area contributed by atoms with Crippen molar-refractivity contribution >= 4 is 29.8 Å². The van der Waals surface area contributed by atoms with Crippen molar-refractivity contribution in [1.82, 2.24) is 0 Å². The number of carboxylic acid groups (broad SMARTS) is 5. The van der Waals surface area contributed by atoms with Gasteiger partial charge in [-0.3, -0.25) is 19.2 Å². The van der Waals surface area contributed by atoms with Gasteiger partial charge in [0.25, 0.3) is 0 Å². The van der Waals surface area contributed by atoms with Crippen molar-refractivity contribution in [1.29, 1.82) is 0 Å². The minimum atomic E-state index is -3.77. The summed E-state index contributed by atoms with van der Waals surface area (Å²) in [4.78, 5) is 55.0. The molecule has 0 bridgehead atoms.